The van der Waals surface area contributed by atoms with Crippen LogP contribution in [0, 0.1) is 12.3 Å². The van der Waals surface area contributed by atoms with Gasteiger partial charge < -0.3 is 14.9 Å². The predicted molar refractivity (Wildman–Crippen MR) is 79.1 cm³/mol. The second-order valence-electron chi connectivity index (χ2n) is 5.55. The molecule has 2 aromatic heterocycles. The Morgan fingerprint density at radius 2 is 2.25 bits per heavy atom. The maximum Gasteiger partial charge on any atom is 0.134 e. The van der Waals surface area contributed by atoms with E-state index in [1.807, 2.05) is 17.1 Å². The van der Waals surface area contributed by atoms with Gasteiger partial charge in [0.2, 0.25) is 0 Å². The standard InChI is InChI=1S/C15H19N5/c1-4-7-19-14(16)13(18-15(19)11-5-6-11)12-8-17-9-20(12)10(2)3/h1,8-11H,5-7,16H2,2-3H3. The molecular formula is C15H19N5. The normalized spacial score (nSPS) is 14.7. The summed E-state index contributed by atoms with van der Waals surface area (Å²) in [5.41, 5.74) is 8.03. The van der Waals surface area contributed by atoms with Gasteiger partial charge in [0.15, 0.2) is 0 Å². The van der Waals surface area contributed by atoms with Crippen LogP contribution in [-0.2, 0) is 6.54 Å². The first-order valence-corrected chi connectivity index (χ1v) is 6.95. The average molecular weight is 269 g/mol. The second kappa shape index (κ2) is 4.71. The van der Waals surface area contributed by atoms with Crippen LogP contribution in [0.1, 0.15) is 44.5 Å². The van der Waals surface area contributed by atoms with Crippen LogP contribution < -0.4 is 5.73 Å². The van der Waals surface area contributed by atoms with Crippen molar-refractivity contribution in [3.63, 3.8) is 0 Å². The largest absolute Gasteiger partial charge is 0.383 e. The van der Waals surface area contributed by atoms with Crippen LogP contribution >= 0.6 is 0 Å². The molecule has 2 aromatic rings. The van der Waals surface area contributed by atoms with Gasteiger partial charge in [0.1, 0.15) is 17.3 Å². The van der Waals surface area contributed by atoms with Crippen molar-refractivity contribution in [1.29, 1.82) is 0 Å². The van der Waals surface area contributed by atoms with Gasteiger partial charge in [0.25, 0.3) is 0 Å². The lowest BCUT2D eigenvalue weighted by molar-refractivity contribution is 0.604. The highest BCUT2D eigenvalue weighted by atomic mass is 15.2. The Balaban J connectivity index is 2.12. The number of nitrogen functional groups attached to an aromatic ring is 1. The van der Waals surface area contributed by atoms with Gasteiger partial charge in [-0.2, -0.15) is 0 Å². The van der Waals surface area contributed by atoms with E-state index in [2.05, 4.69) is 29.3 Å². The molecule has 1 saturated carbocycles. The number of aromatic nitrogens is 4. The van der Waals surface area contributed by atoms with Gasteiger partial charge in [-0.05, 0) is 26.7 Å². The molecule has 0 atom stereocenters. The van der Waals surface area contributed by atoms with E-state index in [4.69, 9.17) is 17.1 Å². The van der Waals surface area contributed by atoms with Crippen LogP contribution in [0.4, 0.5) is 5.82 Å². The van der Waals surface area contributed by atoms with Crippen molar-refractivity contribution in [3.8, 4) is 23.7 Å². The van der Waals surface area contributed by atoms with Crippen molar-refractivity contribution in [2.75, 3.05) is 5.73 Å². The molecule has 0 amide bonds. The summed E-state index contributed by atoms with van der Waals surface area (Å²) >= 11 is 0. The van der Waals surface area contributed by atoms with E-state index in [1.54, 1.807) is 0 Å². The summed E-state index contributed by atoms with van der Waals surface area (Å²) in [5, 5.41) is 0. The quantitative estimate of drug-likeness (QED) is 0.867. The number of nitrogens with two attached hydrogens (primary N) is 1. The fraction of sp³-hybridized carbons (Fsp3) is 0.467. The lowest BCUT2D eigenvalue weighted by atomic mass is 10.3. The summed E-state index contributed by atoms with van der Waals surface area (Å²) in [7, 11) is 0. The Morgan fingerprint density at radius 1 is 1.50 bits per heavy atom. The molecule has 104 valence electrons. The monoisotopic (exact) mass is 269 g/mol. The number of rotatable bonds is 4. The molecule has 0 saturated heterocycles. The van der Waals surface area contributed by atoms with Gasteiger partial charge in [0, 0.05) is 12.0 Å². The molecule has 2 N–H and O–H groups in total. The van der Waals surface area contributed by atoms with Crippen LogP contribution in [0.15, 0.2) is 12.5 Å². The number of imidazole rings is 2. The third-order valence-corrected chi connectivity index (χ3v) is 3.69. The number of hydrogen-bond donors (Lipinski definition) is 1. The Hall–Kier alpha value is -2.22. The van der Waals surface area contributed by atoms with Crippen LogP contribution in [-0.4, -0.2) is 19.1 Å². The number of nitrogens with zero attached hydrogens (tertiary/aromatic N) is 4. The molecule has 20 heavy (non-hydrogen) atoms. The number of anilines is 1. The van der Waals surface area contributed by atoms with Crippen molar-refractivity contribution in [1.82, 2.24) is 19.1 Å². The highest BCUT2D eigenvalue weighted by Crippen LogP contribution is 2.42. The van der Waals surface area contributed by atoms with E-state index >= 15 is 0 Å². The minimum atomic E-state index is 0.314. The van der Waals surface area contributed by atoms with Crippen molar-refractivity contribution in [2.24, 2.45) is 0 Å². The zero-order valence-electron chi connectivity index (χ0n) is 11.9. The van der Waals surface area contributed by atoms with Gasteiger partial charge >= 0.3 is 0 Å². The van der Waals surface area contributed by atoms with Crippen LogP contribution in [0.2, 0.25) is 0 Å². The molecular weight excluding hydrogens is 250 g/mol. The number of terminal acetylenes is 1. The van der Waals surface area contributed by atoms with Gasteiger partial charge in [-0.3, -0.25) is 0 Å². The van der Waals surface area contributed by atoms with Crippen molar-refractivity contribution in [3.05, 3.63) is 18.3 Å². The minimum absolute atomic E-state index is 0.314. The Morgan fingerprint density at radius 3 is 2.85 bits per heavy atom. The molecule has 5 heteroatoms. The van der Waals surface area contributed by atoms with Gasteiger partial charge in [-0.1, -0.05) is 5.92 Å². The lowest BCUT2D eigenvalue weighted by Gasteiger charge is -2.10. The summed E-state index contributed by atoms with van der Waals surface area (Å²) in [4.78, 5) is 8.98. The fourth-order valence-corrected chi connectivity index (χ4v) is 2.48. The molecule has 0 radical (unpaired) electrons. The zero-order valence-corrected chi connectivity index (χ0v) is 11.9. The highest BCUT2D eigenvalue weighted by Gasteiger charge is 2.31. The molecule has 1 fully saturated rings. The maximum atomic E-state index is 6.28. The third-order valence-electron chi connectivity index (χ3n) is 3.69. The second-order valence-corrected chi connectivity index (χ2v) is 5.55. The molecule has 2 heterocycles. The Bertz CT molecular complexity index is 667. The van der Waals surface area contributed by atoms with E-state index in [0.717, 1.165) is 17.2 Å². The van der Waals surface area contributed by atoms with Gasteiger partial charge in [-0.15, -0.1) is 6.42 Å². The van der Waals surface area contributed by atoms with Gasteiger partial charge in [0.05, 0.1) is 24.8 Å². The lowest BCUT2D eigenvalue weighted by Crippen LogP contribution is -2.06. The molecule has 5 nitrogen and oxygen atoms in total. The topological polar surface area (TPSA) is 61.7 Å². The molecule has 1 aliphatic rings. The Labute approximate surface area is 118 Å². The van der Waals surface area contributed by atoms with Crippen LogP contribution in [0.25, 0.3) is 11.4 Å². The van der Waals surface area contributed by atoms with Crippen LogP contribution in [0.3, 0.4) is 0 Å². The van der Waals surface area contributed by atoms with Crippen molar-refractivity contribution in [2.45, 2.75) is 45.2 Å². The third kappa shape index (κ3) is 1.97. The molecule has 0 aromatic carbocycles. The first-order valence-electron chi connectivity index (χ1n) is 6.95. The van der Waals surface area contributed by atoms with E-state index in [-0.39, 0.29) is 0 Å². The zero-order chi connectivity index (χ0) is 14.3. The van der Waals surface area contributed by atoms with Crippen LogP contribution in [0.5, 0.6) is 0 Å². The summed E-state index contributed by atoms with van der Waals surface area (Å²) in [6.45, 7) is 4.70. The molecule has 0 aliphatic heterocycles. The molecule has 0 unspecified atom stereocenters. The highest BCUT2D eigenvalue weighted by molar-refractivity contribution is 5.68. The first-order chi connectivity index (χ1) is 9.63. The minimum Gasteiger partial charge on any atom is -0.383 e. The van der Waals surface area contributed by atoms with E-state index < -0.39 is 0 Å². The van der Waals surface area contributed by atoms with Gasteiger partial charge in [-0.25, -0.2) is 9.97 Å². The maximum absolute atomic E-state index is 6.28. The summed E-state index contributed by atoms with van der Waals surface area (Å²) in [5.74, 6) is 4.84. The summed E-state index contributed by atoms with van der Waals surface area (Å²) in [6.07, 6.45) is 11.4. The smallest absolute Gasteiger partial charge is 0.134 e. The summed E-state index contributed by atoms with van der Waals surface area (Å²) < 4.78 is 4.04. The molecule has 0 bridgehead atoms. The fourth-order valence-electron chi connectivity index (χ4n) is 2.48. The molecule has 3 rings (SSSR count). The molecule has 1 aliphatic carbocycles. The van der Waals surface area contributed by atoms with Crippen molar-refractivity contribution < 1.29 is 0 Å². The summed E-state index contributed by atoms with van der Waals surface area (Å²) in [6, 6.07) is 0.314. The predicted octanol–water partition coefficient (Wildman–Crippen LogP) is 2.42. The molecule has 0 spiro atoms. The van der Waals surface area contributed by atoms with E-state index in [1.165, 1.54) is 12.8 Å². The van der Waals surface area contributed by atoms with E-state index in [0.29, 0.717) is 24.3 Å². The Kier molecular flexibility index (Phi) is 3.01. The van der Waals surface area contributed by atoms with Crippen molar-refractivity contribution >= 4 is 5.82 Å². The van der Waals surface area contributed by atoms with E-state index in [9.17, 15) is 0 Å². The number of hydrogen-bond acceptors (Lipinski definition) is 3. The first kappa shape index (κ1) is 12.8. The SMILES string of the molecule is C#CCn1c(C2CC2)nc(-c2cncn2C(C)C)c1N. The average Bonchev–Trinajstić information content (AvgIpc) is 3.04.